The number of urea groups is 1. The van der Waals surface area contributed by atoms with Gasteiger partial charge in [-0.1, -0.05) is 42.5 Å². The maximum atomic E-state index is 12.4. The van der Waals surface area contributed by atoms with Crippen molar-refractivity contribution in [2.24, 2.45) is 7.05 Å². The summed E-state index contributed by atoms with van der Waals surface area (Å²) < 4.78 is 2.16. The van der Waals surface area contributed by atoms with Crippen LogP contribution in [-0.2, 0) is 20.0 Å². The summed E-state index contributed by atoms with van der Waals surface area (Å²) in [7, 11) is 2.07. The molecule has 1 fully saturated rings. The van der Waals surface area contributed by atoms with Crippen molar-refractivity contribution in [2.75, 3.05) is 32.7 Å². The maximum absolute atomic E-state index is 12.4. The summed E-state index contributed by atoms with van der Waals surface area (Å²) in [6.07, 6.45) is 0.860. The SMILES string of the molecule is Cn1c(CN2CCN(C(=O)NCCc3ccccc3)CC2)nc2ccccc21. The minimum Gasteiger partial charge on any atom is -0.338 e. The summed E-state index contributed by atoms with van der Waals surface area (Å²) in [6, 6.07) is 18.5. The van der Waals surface area contributed by atoms with Crippen molar-refractivity contribution in [1.29, 1.82) is 0 Å². The number of para-hydroxylation sites is 2. The Hall–Kier alpha value is -2.86. The number of carbonyl (C=O) groups excluding carboxylic acids is 1. The van der Waals surface area contributed by atoms with Crippen LogP contribution in [-0.4, -0.2) is 58.1 Å². The molecule has 0 unspecified atom stereocenters. The first-order chi connectivity index (χ1) is 13.7. The molecule has 146 valence electrons. The average Bonchev–Trinajstić information content (AvgIpc) is 3.05. The Bertz CT molecular complexity index is 929. The third kappa shape index (κ3) is 4.17. The highest BCUT2D eigenvalue weighted by atomic mass is 16.2. The van der Waals surface area contributed by atoms with Gasteiger partial charge in [-0.2, -0.15) is 0 Å². The fourth-order valence-electron chi connectivity index (χ4n) is 3.72. The zero-order chi connectivity index (χ0) is 19.3. The Morgan fingerprint density at radius 1 is 1.00 bits per heavy atom. The van der Waals surface area contributed by atoms with Crippen LogP contribution in [0.25, 0.3) is 11.0 Å². The van der Waals surface area contributed by atoms with E-state index in [1.54, 1.807) is 0 Å². The van der Waals surface area contributed by atoms with Crippen molar-refractivity contribution in [3.05, 3.63) is 66.0 Å². The maximum Gasteiger partial charge on any atom is 0.317 e. The van der Waals surface area contributed by atoms with E-state index < -0.39 is 0 Å². The summed E-state index contributed by atoms with van der Waals surface area (Å²) in [4.78, 5) is 21.4. The highest BCUT2D eigenvalue weighted by molar-refractivity contribution is 5.75. The van der Waals surface area contributed by atoms with Gasteiger partial charge in [-0.05, 0) is 24.1 Å². The summed E-state index contributed by atoms with van der Waals surface area (Å²) in [5, 5.41) is 3.04. The molecule has 28 heavy (non-hydrogen) atoms. The van der Waals surface area contributed by atoms with Crippen LogP contribution in [0.15, 0.2) is 54.6 Å². The fraction of sp³-hybridized carbons (Fsp3) is 0.364. The Labute approximate surface area is 165 Å². The van der Waals surface area contributed by atoms with E-state index in [0.29, 0.717) is 6.54 Å². The Balaban J connectivity index is 1.25. The smallest absolute Gasteiger partial charge is 0.317 e. The van der Waals surface area contributed by atoms with Crippen molar-refractivity contribution in [1.82, 2.24) is 24.7 Å². The number of aromatic nitrogens is 2. The fourth-order valence-corrected chi connectivity index (χ4v) is 3.72. The number of amides is 2. The molecule has 1 aliphatic rings. The first-order valence-electron chi connectivity index (χ1n) is 9.90. The van der Waals surface area contributed by atoms with Gasteiger partial charge in [-0.15, -0.1) is 0 Å². The van der Waals surface area contributed by atoms with Gasteiger partial charge in [-0.25, -0.2) is 9.78 Å². The van der Waals surface area contributed by atoms with Gasteiger partial charge in [0.05, 0.1) is 17.6 Å². The molecule has 1 N–H and O–H groups in total. The second-order valence-corrected chi connectivity index (χ2v) is 7.31. The lowest BCUT2D eigenvalue weighted by molar-refractivity contribution is 0.133. The topological polar surface area (TPSA) is 53.4 Å². The molecule has 0 saturated carbocycles. The number of benzene rings is 2. The Morgan fingerprint density at radius 2 is 1.71 bits per heavy atom. The second-order valence-electron chi connectivity index (χ2n) is 7.31. The molecule has 4 rings (SSSR count). The highest BCUT2D eigenvalue weighted by Gasteiger charge is 2.22. The van der Waals surface area contributed by atoms with Crippen LogP contribution in [0.3, 0.4) is 0 Å². The number of fused-ring (bicyclic) bond motifs is 1. The Kier molecular flexibility index (Phi) is 5.58. The quantitative estimate of drug-likeness (QED) is 0.744. The number of piperazine rings is 1. The van der Waals surface area contributed by atoms with Gasteiger partial charge in [-0.3, -0.25) is 4.90 Å². The molecule has 6 heteroatoms. The summed E-state index contributed by atoms with van der Waals surface area (Å²) >= 11 is 0. The minimum absolute atomic E-state index is 0.0401. The third-order valence-electron chi connectivity index (χ3n) is 5.44. The second kappa shape index (κ2) is 8.44. The standard InChI is InChI=1S/C22H27N5O/c1-25-20-10-6-5-9-19(20)24-21(25)17-26-13-15-27(16-14-26)22(28)23-12-11-18-7-3-2-4-8-18/h2-10H,11-17H2,1H3,(H,23,28). The number of nitrogens with one attached hydrogen (secondary N) is 1. The lowest BCUT2D eigenvalue weighted by Crippen LogP contribution is -2.51. The number of carbonyl (C=O) groups is 1. The van der Waals surface area contributed by atoms with E-state index in [1.807, 2.05) is 35.2 Å². The van der Waals surface area contributed by atoms with E-state index >= 15 is 0 Å². The first kappa shape index (κ1) is 18.5. The molecule has 2 heterocycles. The predicted octanol–water partition coefficient (Wildman–Crippen LogP) is 2.64. The molecular formula is C22H27N5O. The van der Waals surface area contributed by atoms with E-state index in [0.717, 1.165) is 56.0 Å². The molecule has 2 amide bonds. The van der Waals surface area contributed by atoms with Gasteiger partial charge >= 0.3 is 6.03 Å². The van der Waals surface area contributed by atoms with Crippen LogP contribution >= 0.6 is 0 Å². The number of aryl methyl sites for hydroxylation is 1. The molecule has 1 aromatic heterocycles. The lowest BCUT2D eigenvalue weighted by Gasteiger charge is -2.34. The van der Waals surface area contributed by atoms with Crippen molar-refractivity contribution in [2.45, 2.75) is 13.0 Å². The minimum atomic E-state index is 0.0401. The number of nitrogens with zero attached hydrogens (tertiary/aromatic N) is 4. The van der Waals surface area contributed by atoms with Gasteiger partial charge in [0.25, 0.3) is 0 Å². The third-order valence-corrected chi connectivity index (χ3v) is 5.44. The molecule has 1 aliphatic heterocycles. The van der Waals surface area contributed by atoms with E-state index in [9.17, 15) is 4.79 Å². The van der Waals surface area contributed by atoms with Gasteiger partial charge in [0.1, 0.15) is 5.82 Å². The number of rotatable bonds is 5. The van der Waals surface area contributed by atoms with Crippen LogP contribution in [0, 0.1) is 0 Å². The van der Waals surface area contributed by atoms with E-state index in [-0.39, 0.29) is 6.03 Å². The molecule has 2 aromatic carbocycles. The number of imidazole rings is 1. The van der Waals surface area contributed by atoms with E-state index in [1.165, 1.54) is 5.56 Å². The van der Waals surface area contributed by atoms with Crippen molar-refractivity contribution in [3.63, 3.8) is 0 Å². The highest BCUT2D eigenvalue weighted by Crippen LogP contribution is 2.16. The molecule has 1 saturated heterocycles. The van der Waals surface area contributed by atoms with Gasteiger partial charge in [0.2, 0.25) is 0 Å². The molecule has 0 bridgehead atoms. The predicted molar refractivity (Wildman–Crippen MR) is 111 cm³/mol. The number of hydrogen-bond donors (Lipinski definition) is 1. The van der Waals surface area contributed by atoms with Gasteiger partial charge in [0, 0.05) is 39.8 Å². The van der Waals surface area contributed by atoms with Crippen molar-refractivity contribution in [3.8, 4) is 0 Å². The van der Waals surface area contributed by atoms with Crippen molar-refractivity contribution < 1.29 is 4.79 Å². The Morgan fingerprint density at radius 3 is 2.46 bits per heavy atom. The molecule has 3 aromatic rings. The summed E-state index contributed by atoms with van der Waals surface area (Å²) in [6.45, 7) is 4.73. The molecule has 0 atom stereocenters. The van der Waals surface area contributed by atoms with Crippen LogP contribution < -0.4 is 5.32 Å². The largest absolute Gasteiger partial charge is 0.338 e. The van der Waals surface area contributed by atoms with Crippen LogP contribution in [0.2, 0.25) is 0 Å². The zero-order valence-electron chi connectivity index (χ0n) is 16.3. The lowest BCUT2D eigenvalue weighted by atomic mass is 10.1. The van der Waals surface area contributed by atoms with Crippen molar-refractivity contribution >= 4 is 17.1 Å². The monoisotopic (exact) mass is 377 g/mol. The molecule has 0 aliphatic carbocycles. The van der Waals surface area contributed by atoms with Crippen LogP contribution in [0.1, 0.15) is 11.4 Å². The van der Waals surface area contributed by atoms with Gasteiger partial charge in [0.15, 0.2) is 0 Å². The summed E-state index contributed by atoms with van der Waals surface area (Å²) in [5.74, 6) is 1.07. The zero-order valence-corrected chi connectivity index (χ0v) is 16.3. The van der Waals surface area contributed by atoms with E-state index in [4.69, 9.17) is 4.98 Å². The molecular weight excluding hydrogens is 350 g/mol. The summed E-state index contributed by atoms with van der Waals surface area (Å²) in [5.41, 5.74) is 3.44. The van der Waals surface area contributed by atoms with Crippen LogP contribution in [0.4, 0.5) is 4.79 Å². The molecule has 0 radical (unpaired) electrons. The molecule has 0 spiro atoms. The number of hydrogen-bond acceptors (Lipinski definition) is 3. The normalized spacial score (nSPS) is 15.1. The van der Waals surface area contributed by atoms with Gasteiger partial charge < -0.3 is 14.8 Å². The average molecular weight is 377 g/mol. The first-order valence-corrected chi connectivity index (χ1v) is 9.90. The van der Waals surface area contributed by atoms with Crippen LogP contribution in [0.5, 0.6) is 0 Å². The van der Waals surface area contributed by atoms with E-state index in [2.05, 4.69) is 46.1 Å². The molecule has 6 nitrogen and oxygen atoms in total.